The Hall–Kier alpha value is -2.61. The number of hydrogen-bond donors (Lipinski definition) is 2. The number of methoxy groups -OCH3 is 1. The molecule has 1 aromatic heterocycles. The Labute approximate surface area is 137 Å². The second kappa shape index (κ2) is 7.59. The lowest BCUT2D eigenvalue weighted by Crippen LogP contribution is -2.14. The van der Waals surface area contributed by atoms with Crippen LogP contribution in [0.4, 0.5) is 10.8 Å². The Morgan fingerprint density at radius 1 is 1.39 bits per heavy atom. The lowest BCUT2D eigenvalue weighted by molar-refractivity contribution is -0.142. The molecule has 3 N–H and O–H groups in total. The van der Waals surface area contributed by atoms with Gasteiger partial charge in [0.05, 0.1) is 31.4 Å². The highest BCUT2D eigenvalue weighted by molar-refractivity contribution is 7.14. The Morgan fingerprint density at radius 3 is 2.83 bits per heavy atom. The molecule has 0 saturated heterocycles. The van der Waals surface area contributed by atoms with Crippen molar-refractivity contribution in [1.82, 2.24) is 4.98 Å². The second-order valence-corrected chi connectivity index (χ2v) is 5.39. The average molecular weight is 335 g/mol. The number of anilines is 2. The number of ether oxygens (including phenoxy) is 2. The molecule has 1 heterocycles. The van der Waals surface area contributed by atoms with Gasteiger partial charge in [0.2, 0.25) is 0 Å². The summed E-state index contributed by atoms with van der Waals surface area (Å²) < 4.78 is 9.90. The van der Waals surface area contributed by atoms with E-state index in [0.717, 1.165) is 0 Å². The SMILES string of the molecule is CCOC(=O)Cc1csc(NC(=O)c2ccc(OC)cc2N)n1. The van der Waals surface area contributed by atoms with Crippen LogP contribution in [0.5, 0.6) is 5.75 Å². The van der Waals surface area contributed by atoms with Crippen molar-refractivity contribution in [2.75, 3.05) is 24.8 Å². The molecule has 7 nitrogen and oxygen atoms in total. The summed E-state index contributed by atoms with van der Waals surface area (Å²) in [5.74, 6) is -0.151. The monoisotopic (exact) mass is 335 g/mol. The van der Waals surface area contributed by atoms with E-state index in [1.807, 2.05) is 0 Å². The van der Waals surface area contributed by atoms with Crippen molar-refractivity contribution < 1.29 is 19.1 Å². The number of nitrogen functional groups attached to an aromatic ring is 1. The fourth-order valence-electron chi connectivity index (χ4n) is 1.84. The predicted octanol–water partition coefficient (Wildman–Crippen LogP) is 2.09. The van der Waals surface area contributed by atoms with E-state index in [4.69, 9.17) is 15.2 Å². The van der Waals surface area contributed by atoms with E-state index in [2.05, 4.69) is 10.3 Å². The third kappa shape index (κ3) is 4.43. The first kappa shape index (κ1) is 16.8. The van der Waals surface area contributed by atoms with Gasteiger partial charge in [-0.1, -0.05) is 0 Å². The fourth-order valence-corrected chi connectivity index (χ4v) is 2.55. The highest BCUT2D eigenvalue weighted by Crippen LogP contribution is 2.22. The number of rotatable bonds is 6. The molecule has 2 rings (SSSR count). The Balaban J connectivity index is 2.03. The zero-order valence-electron chi connectivity index (χ0n) is 12.8. The van der Waals surface area contributed by atoms with Crippen molar-refractivity contribution in [3.05, 3.63) is 34.8 Å². The molecule has 0 bridgehead atoms. The van der Waals surface area contributed by atoms with Crippen LogP contribution in [0.25, 0.3) is 0 Å². The number of carbonyl (C=O) groups is 2. The van der Waals surface area contributed by atoms with Gasteiger partial charge in [-0.15, -0.1) is 11.3 Å². The first-order valence-corrected chi connectivity index (χ1v) is 7.76. The molecule has 0 saturated carbocycles. The summed E-state index contributed by atoms with van der Waals surface area (Å²) in [4.78, 5) is 27.8. The number of nitrogens with one attached hydrogen (secondary N) is 1. The van der Waals surface area contributed by atoms with Crippen LogP contribution in [0.3, 0.4) is 0 Å². The molecule has 2 aromatic rings. The third-order valence-corrected chi connectivity index (χ3v) is 3.71. The Bertz CT molecular complexity index is 714. The van der Waals surface area contributed by atoms with Crippen LogP contribution in [-0.4, -0.2) is 30.6 Å². The van der Waals surface area contributed by atoms with Crippen LogP contribution < -0.4 is 15.8 Å². The van der Waals surface area contributed by atoms with Gasteiger partial charge in [0.15, 0.2) is 5.13 Å². The van der Waals surface area contributed by atoms with Gasteiger partial charge in [0, 0.05) is 17.1 Å². The lowest BCUT2D eigenvalue weighted by atomic mass is 10.1. The van der Waals surface area contributed by atoms with E-state index in [9.17, 15) is 9.59 Å². The van der Waals surface area contributed by atoms with Crippen LogP contribution in [-0.2, 0) is 16.0 Å². The fraction of sp³-hybridized carbons (Fsp3) is 0.267. The highest BCUT2D eigenvalue weighted by Gasteiger charge is 2.14. The smallest absolute Gasteiger partial charge is 0.311 e. The molecular weight excluding hydrogens is 318 g/mol. The molecule has 0 radical (unpaired) electrons. The normalized spacial score (nSPS) is 10.2. The highest BCUT2D eigenvalue weighted by atomic mass is 32.1. The van der Waals surface area contributed by atoms with Gasteiger partial charge in [-0.2, -0.15) is 0 Å². The van der Waals surface area contributed by atoms with Gasteiger partial charge in [0.25, 0.3) is 5.91 Å². The van der Waals surface area contributed by atoms with Gasteiger partial charge in [-0.3, -0.25) is 14.9 Å². The van der Waals surface area contributed by atoms with Crippen molar-refractivity contribution in [2.24, 2.45) is 0 Å². The Kier molecular flexibility index (Phi) is 5.53. The minimum Gasteiger partial charge on any atom is -0.497 e. The third-order valence-electron chi connectivity index (χ3n) is 2.91. The number of benzene rings is 1. The molecule has 8 heteroatoms. The average Bonchev–Trinajstić information content (AvgIpc) is 2.94. The summed E-state index contributed by atoms with van der Waals surface area (Å²) in [6, 6.07) is 4.80. The summed E-state index contributed by atoms with van der Waals surface area (Å²) in [6.07, 6.45) is 0.0743. The number of thiazole rings is 1. The van der Waals surface area contributed by atoms with Gasteiger partial charge < -0.3 is 15.2 Å². The maximum atomic E-state index is 12.2. The van der Waals surface area contributed by atoms with E-state index in [-0.39, 0.29) is 18.3 Å². The zero-order chi connectivity index (χ0) is 16.8. The molecule has 1 amide bonds. The van der Waals surface area contributed by atoms with E-state index < -0.39 is 0 Å². The van der Waals surface area contributed by atoms with Crippen molar-refractivity contribution in [2.45, 2.75) is 13.3 Å². The summed E-state index contributed by atoms with van der Waals surface area (Å²) >= 11 is 1.23. The van der Waals surface area contributed by atoms with E-state index in [0.29, 0.717) is 34.4 Å². The zero-order valence-corrected chi connectivity index (χ0v) is 13.6. The van der Waals surface area contributed by atoms with Crippen LogP contribution in [0.1, 0.15) is 23.0 Å². The van der Waals surface area contributed by atoms with Gasteiger partial charge in [-0.05, 0) is 19.1 Å². The van der Waals surface area contributed by atoms with Gasteiger partial charge >= 0.3 is 5.97 Å². The number of nitrogens with two attached hydrogens (primary N) is 1. The van der Waals surface area contributed by atoms with Crippen molar-refractivity contribution >= 4 is 34.0 Å². The number of esters is 1. The number of amides is 1. The Morgan fingerprint density at radius 2 is 2.17 bits per heavy atom. The molecule has 122 valence electrons. The molecule has 0 aliphatic heterocycles. The van der Waals surface area contributed by atoms with E-state index >= 15 is 0 Å². The molecule has 0 aliphatic carbocycles. The van der Waals surface area contributed by atoms with Crippen LogP contribution in [0.2, 0.25) is 0 Å². The van der Waals surface area contributed by atoms with E-state index in [1.165, 1.54) is 18.4 Å². The van der Waals surface area contributed by atoms with Crippen LogP contribution in [0.15, 0.2) is 23.6 Å². The summed E-state index contributed by atoms with van der Waals surface area (Å²) in [6.45, 7) is 2.06. The number of aromatic nitrogens is 1. The topological polar surface area (TPSA) is 104 Å². The van der Waals surface area contributed by atoms with Crippen molar-refractivity contribution in [3.63, 3.8) is 0 Å². The van der Waals surface area contributed by atoms with E-state index in [1.54, 1.807) is 30.5 Å². The second-order valence-electron chi connectivity index (χ2n) is 4.53. The van der Waals surface area contributed by atoms with Gasteiger partial charge in [-0.25, -0.2) is 4.98 Å². The number of carbonyl (C=O) groups excluding carboxylic acids is 2. The molecule has 0 spiro atoms. The summed E-state index contributed by atoms with van der Waals surface area (Å²) in [5, 5.41) is 4.75. The van der Waals surface area contributed by atoms with Gasteiger partial charge in [0.1, 0.15) is 5.75 Å². The molecule has 23 heavy (non-hydrogen) atoms. The lowest BCUT2D eigenvalue weighted by Gasteiger charge is -2.07. The molecular formula is C15H17N3O4S. The maximum Gasteiger partial charge on any atom is 0.311 e. The molecule has 0 unspecified atom stereocenters. The maximum absolute atomic E-state index is 12.2. The molecule has 0 aliphatic rings. The molecule has 1 aromatic carbocycles. The van der Waals surface area contributed by atoms with Crippen molar-refractivity contribution in [1.29, 1.82) is 0 Å². The summed E-state index contributed by atoms with van der Waals surface area (Å²) in [5.41, 5.74) is 7.02. The minimum atomic E-state index is -0.373. The molecule has 0 atom stereocenters. The summed E-state index contributed by atoms with van der Waals surface area (Å²) in [7, 11) is 1.52. The van der Waals surface area contributed by atoms with Crippen LogP contribution in [0, 0.1) is 0 Å². The number of nitrogens with zero attached hydrogens (tertiary/aromatic N) is 1. The predicted molar refractivity (Wildman–Crippen MR) is 87.8 cm³/mol. The number of hydrogen-bond acceptors (Lipinski definition) is 7. The van der Waals surface area contributed by atoms with Crippen LogP contribution >= 0.6 is 11.3 Å². The first-order valence-electron chi connectivity index (χ1n) is 6.88. The largest absolute Gasteiger partial charge is 0.497 e. The first-order chi connectivity index (χ1) is 11.0. The van der Waals surface area contributed by atoms with Crippen molar-refractivity contribution in [3.8, 4) is 5.75 Å². The minimum absolute atomic E-state index is 0.0743. The molecule has 0 fully saturated rings. The quantitative estimate of drug-likeness (QED) is 0.619. The standard InChI is InChI=1S/C15H17N3O4S/c1-3-22-13(19)6-9-8-23-15(17-9)18-14(20)11-5-4-10(21-2)7-12(11)16/h4-5,7-8H,3,6,16H2,1-2H3,(H,17,18,20).